The molecule has 0 aliphatic rings. The van der Waals surface area contributed by atoms with Gasteiger partial charge in [-0.1, -0.05) is 15.9 Å². The van der Waals surface area contributed by atoms with Gasteiger partial charge in [-0.05, 0) is 38.0 Å². The van der Waals surface area contributed by atoms with E-state index in [1.807, 2.05) is 0 Å². The lowest BCUT2D eigenvalue weighted by molar-refractivity contribution is -0.138. The van der Waals surface area contributed by atoms with Gasteiger partial charge in [0.1, 0.15) is 0 Å². The lowest BCUT2D eigenvalue weighted by Gasteiger charge is -2.11. The fourth-order valence-electron chi connectivity index (χ4n) is 1.59. The summed E-state index contributed by atoms with van der Waals surface area (Å²) in [5, 5.41) is 11.6. The number of hydrogen-bond donors (Lipinski definition) is 2. The summed E-state index contributed by atoms with van der Waals surface area (Å²) < 4.78 is 38.0. The molecule has 1 unspecified atom stereocenters. The minimum Gasteiger partial charge on any atom is -0.393 e. The number of rotatable bonds is 5. The van der Waals surface area contributed by atoms with E-state index in [0.717, 1.165) is 6.07 Å². The molecule has 112 valence electrons. The molecule has 0 radical (unpaired) electrons. The van der Waals surface area contributed by atoms with Crippen molar-refractivity contribution in [2.24, 2.45) is 0 Å². The first-order valence-electron chi connectivity index (χ1n) is 6.05. The van der Waals surface area contributed by atoms with Crippen LogP contribution in [0.4, 0.5) is 13.2 Å². The first kappa shape index (κ1) is 17.0. The Hall–Kier alpha value is -1.08. The van der Waals surface area contributed by atoms with E-state index in [9.17, 15) is 18.0 Å². The van der Waals surface area contributed by atoms with Crippen molar-refractivity contribution in [3.8, 4) is 0 Å². The lowest BCUT2D eigenvalue weighted by Crippen LogP contribution is -2.25. The van der Waals surface area contributed by atoms with Crippen molar-refractivity contribution in [1.29, 1.82) is 0 Å². The van der Waals surface area contributed by atoms with E-state index in [1.54, 1.807) is 6.92 Å². The average Bonchev–Trinajstić information content (AvgIpc) is 2.33. The Labute approximate surface area is 123 Å². The maximum atomic E-state index is 12.7. The van der Waals surface area contributed by atoms with Gasteiger partial charge in [0.25, 0.3) is 5.91 Å². The van der Waals surface area contributed by atoms with Gasteiger partial charge < -0.3 is 10.4 Å². The summed E-state index contributed by atoms with van der Waals surface area (Å²) in [6.45, 7) is 1.94. The maximum absolute atomic E-state index is 12.7. The minimum absolute atomic E-state index is 0.0439. The lowest BCUT2D eigenvalue weighted by atomic mass is 10.1. The number of aliphatic hydroxyl groups excluding tert-OH is 1. The second-order valence-corrected chi connectivity index (χ2v) is 5.29. The van der Waals surface area contributed by atoms with Gasteiger partial charge in [0, 0.05) is 16.6 Å². The highest BCUT2D eigenvalue weighted by Crippen LogP contribution is 2.35. The first-order valence-corrected chi connectivity index (χ1v) is 6.84. The molecule has 3 nitrogen and oxygen atoms in total. The second kappa shape index (κ2) is 7.08. The molecule has 0 spiro atoms. The number of aliphatic hydroxyl groups is 1. The van der Waals surface area contributed by atoms with Gasteiger partial charge in [0.2, 0.25) is 0 Å². The van der Waals surface area contributed by atoms with E-state index in [-0.39, 0.29) is 10.0 Å². The van der Waals surface area contributed by atoms with Crippen LogP contribution in [-0.2, 0) is 6.18 Å². The summed E-state index contributed by atoms with van der Waals surface area (Å²) in [7, 11) is 0. The quantitative estimate of drug-likeness (QED) is 0.797. The third-order valence-electron chi connectivity index (χ3n) is 2.62. The third kappa shape index (κ3) is 5.13. The molecule has 7 heteroatoms. The predicted molar refractivity (Wildman–Crippen MR) is 72.4 cm³/mol. The minimum atomic E-state index is -4.51. The summed E-state index contributed by atoms with van der Waals surface area (Å²) in [4.78, 5) is 11.7. The average molecular weight is 354 g/mol. The van der Waals surface area contributed by atoms with Crippen LogP contribution >= 0.6 is 15.9 Å². The van der Waals surface area contributed by atoms with E-state index >= 15 is 0 Å². The fraction of sp³-hybridized carbons (Fsp3) is 0.462. The number of carbonyl (C=O) groups excluding carboxylic acids is 1. The number of nitrogens with one attached hydrogen (secondary N) is 1. The van der Waals surface area contributed by atoms with Crippen LogP contribution in [-0.4, -0.2) is 23.7 Å². The molecule has 0 fully saturated rings. The van der Waals surface area contributed by atoms with Crippen molar-refractivity contribution >= 4 is 21.8 Å². The Bertz CT molecular complexity index is 475. The predicted octanol–water partition coefficient (Wildman–Crippen LogP) is 3.36. The van der Waals surface area contributed by atoms with Gasteiger partial charge in [-0.25, -0.2) is 0 Å². The Morgan fingerprint density at radius 1 is 1.45 bits per heavy atom. The zero-order valence-electron chi connectivity index (χ0n) is 10.8. The maximum Gasteiger partial charge on any atom is 0.417 e. The topological polar surface area (TPSA) is 49.3 Å². The van der Waals surface area contributed by atoms with Crippen LogP contribution in [0.25, 0.3) is 0 Å². The van der Waals surface area contributed by atoms with E-state index in [4.69, 9.17) is 5.11 Å². The van der Waals surface area contributed by atoms with Gasteiger partial charge in [0.05, 0.1) is 11.7 Å². The highest BCUT2D eigenvalue weighted by molar-refractivity contribution is 9.10. The van der Waals surface area contributed by atoms with Crippen molar-refractivity contribution in [2.75, 3.05) is 6.54 Å². The highest BCUT2D eigenvalue weighted by Gasteiger charge is 2.33. The number of amides is 1. The van der Waals surface area contributed by atoms with Crippen LogP contribution in [0.2, 0.25) is 0 Å². The SMILES string of the molecule is CC(O)CCCNC(=O)c1ccc(Br)c(C(F)(F)F)c1. The molecule has 2 N–H and O–H groups in total. The smallest absolute Gasteiger partial charge is 0.393 e. The number of hydrogen-bond acceptors (Lipinski definition) is 2. The molecule has 1 amide bonds. The normalized spacial score (nSPS) is 13.1. The van der Waals surface area contributed by atoms with Crippen LogP contribution in [0.15, 0.2) is 22.7 Å². The Kier molecular flexibility index (Phi) is 6.01. The summed E-state index contributed by atoms with van der Waals surface area (Å²) in [5.41, 5.74) is -0.924. The number of benzene rings is 1. The standard InChI is InChI=1S/C13H15BrF3NO2/c1-8(19)3-2-6-18-12(20)9-4-5-11(14)10(7-9)13(15,16)17/h4-5,7-8,19H,2-3,6H2,1H3,(H,18,20). The van der Waals surface area contributed by atoms with E-state index < -0.39 is 23.8 Å². The molecular weight excluding hydrogens is 339 g/mol. The monoisotopic (exact) mass is 353 g/mol. The van der Waals surface area contributed by atoms with E-state index in [1.165, 1.54) is 12.1 Å². The summed E-state index contributed by atoms with van der Waals surface area (Å²) in [5.74, 6) is -0.561. The molecule has 0 aliphatic heterocycles. The van der Waals surface area contributed by atoms with Crippen LogP contribution < -0.4 is 5.32 Å². The molecule has 0 saturated heterocycles. The number of alkyl halides is 3. The summed E-state index contributed by atoms with van der Waals surface area (Å²) in [6.07, 6.45) is -3.89. The van der Waals surface area contributed by atoms with Crippen LogP contribution in [0.5, 0.6) is 0 Å². The van der Waals surface area contributed by atoms with Gasteiger partial charge >= 0.3 is 6.18 Å². The van der Waals surface area contributed by atoms with Crippen molar-refractivity contribution in [1.82, 2.24) is 5.32 Å². The van der Waals surface area contributed by atoms with Crippen molar-refractivity contribution in [2.45, 2.75) is 32.0 Å². The molecule has 1 aromatic carbocycles. The summed E-state index contributed by atoms with van der Waals surface area (Å²) in [6, 6.07) is 3.34. The third-order valence-corrected chi connectivity index (χ3v) is 3.31. The molecule has 0 saturated carbocycles. The van der Waals surface area contributed by atoms with Gasteiger partial charge in [-0.3, -0.25) is 4.79 Å². The molecule has 0 heterocycles. The number of halogens is 4. The molecule has 1 aromatic rings. The van der Waals surface area contributed by atoms with Crippen LogP contribution in [0.3, 0.4) is 0 Å². The number of carbonyl (C=O) groups is 1. The molecular formula is C13H15BrF3NO2. The Morgan fingerprint density at radius 2 is 2.10 bits per heavy atom. The molecule has 20 heavy (non-hydrogen) atoms. The van der Waals surface area contributed by atoms with Gasteiger partial charge in [0.15, 0.2) is 0 Å². The zero-order chi connectivity index (χ0) is 15.3. The Balaban J connectivity index is 2.70. The van der Waals surface area contributed by atoms with Crippen LogP contribution in [0, 0.1) is 0 Å². The highest BCUT2D eigenvalue weighted by atomic mass is 79.9. The molecule has 0 aliphatic carbocycles. The van der Waals surface area contributed by atoms with Gasteiger partial charge in [-0.2, -0.15) is 13.2 Å². The van der Waals surface area contributed by atoms with Crippen molar-refractivity contribution < 1.29 is 23.1 Å². The molecule has 0 bridgehead atoms. The largest absolute Gasteiger partial charge is 0.417 e. The van der Waals surface area contributed by atoms with Crippen LogP contribution in [0.1, 0.15) is 35.7 Å². The molecule has 1 atom stereocenters. The zero-order valence-corrected chi connectivity index (χ0v) is 12.4. The fourth-order valence-corrected chi connectivity index (χ4v) is 2.06. The van der Waals surface area contributed by atoms with Crippen molar-refractivity contribution in [3.05, 3.63) is 33.8 Å². The molecule has 0 aromatic heterocycles. The van der Waals surface area contributed by atoms with E-state index in [0.29, 0.717) is 19.4 Å². The van der Waals surface area contributed by atoms with Crippen molar-refractivity contribution in [3.63, 3.8) is 0 Å². The van der Waals surface area contributed by atoms with E-state index in [2.05, 4.69) is 21.2 Å². The first-order chi connectivity index (χ1) is 9.21. The second-order valence-electron chi connectivity index (χ2n) is 4.44. The van der Waals surface area contributed by atoms with Gasteiger partial charge in [-0.15, -0.1) is 0 Å². The molecule has 1 rings (SSSR count). The Morgan fingerprint density at radius 3 is 2.65 bits per heavy atom. The summed E-state index contributed by atoms with van der Waals surface area (Å²) >= 11 is 2.82.